The first-order valence-electron chi connectivity index (χ1n) is 5.37. The number of nitrogens with zero attached hydrogens (tertiary/aromatic N) is 3. The van der Waals surface area contributed by atoms with Gasteiger partial charge in [-0.05, 0) is 16.8 Å². The molecule has 1 unspecified atom stereocenters. The van der Waals surface area contributed by atoms with Crippen LogP contribution in [0.3, 0.4) is 0 Å². The highest BCUT2D eigenvalue weighted by atomic mass is 16.6. The van der Waals surface area contributed by atoms with Gasteiger partial charge < -0.3 is 20.2 Å². The van der Waals surface area contributed by atoms with E-state index < -0.39 is 4.92 Å². The zero-order valence-electron chi connectivity index (χ0n) is 10.8. The summed E-state index contributed by atoms with van der Waals surface area (Å²) < 4.78 is 6.11. The van der Waals surface area contributed by atoms with E-state index in [0.29, 0.717) is 5.82 Å². The number of ether oxygens (including phenoxy) is 1. The lowest BCUT2D eigenvalue weighted by Crippen LogP contribution is -2.22. The molecular formula is C10H16N4O4. The van der Waals surface area contributed by atoms with Crippen LogP contribution in [0.15, 0.2) is 0 Å². The first-order valence-corrected chi connectivity index (χ1v) is 5.37. The third kappa shape index (κ3) is 2.96. The monoisotopic (exact) mass is 256 g/mol. The molecule has 100 valence electrons. The molecule has 0 saturated carbocycles. The molecule has 8 heteroatoms. The number of esters is 1. The lowest BCUT2D eigenvalue weighted by molar-refractivity contribution is -0.388. The molecule has 1 aromatic rings. The number of nitrogens with one attached hydrogen (secondary N) is 1. The number of nitro groups is 1. The van der Waals surface area contributed by atoms with Gasteiger partial charge in [0.25, 0.3) is 0 Å². The van der Waals surface area contributed by atoms with Crippen LogP contribution in [0.2, 0.25) is 0 Å². The molecule has 0 amide bonds. The number of imidazole rings is 1. The van der Waals surface area contributed by atoms with Crippen LogP contribution < -0.4 is 5.32 Å². The van der Waals surface area contributed by atoms with Gasteiger partial charge >= 0.3 is 11.8 Å². The zero-order valence-corrected chi connectivity index (χ0v) is 10.8. The van der Waals surface area contributed by atoms with Gasteiger partial charge in [-0.2, -0.15) is 0 Å². The Labute approximate surface area is 104 Å². The van der Waals surface area contributed by atoms with Crippen molar-refractivity contribution in [3.05, 3.63) is 15.9 Å². The van der Waals surface area contributed by atoms with E-state index >= 15 is 0 Å². The number of methoxy groups -OCH3 is 1. The van der Waals surface area contributed by atoms with E-state index in [1.54, 1.807) is 25.5 Å². The van der Waals surface area contributed by atoms with Crippen LogP contribution in [0.25, 0.3) is 0 Å². The van der Waals surface area contributed by atoms with E-state index in [1.807, 2.05) is 0 Å². The van der Waals surface area contributed by atoms with Crippen molar-refractivity contribution in [1.29, 1.82) is 0 Å². The van der Waals surface area contributed by atoms with Crippen LogP contribution in [-0.2, 0) is 16.6 Å². The minimum atomic E-state index is -0.555. The van der Waals surface area contributed by atoms with Gasteiger partial charge in [0.15, 0.2) is 0 Å². The number of aryl methyl sites for hydroxylation is 1. The molecular weight excluding hydrogens is 240 g/mol. The lowest BCUT2D eigenvalue weighted by Gasteiger charge is -2.13. The van der Waals surface area contributed by atoms with E-state index in [4.69, 9.17) is 0 Å². The fraction of sp³-hybridized carbons (Fsp3) is 0.600. The topological polar surface area (TPSA) is 99.3 Å². The van der Waals surface area contributed by atoms with Crippen LogP contribution >= 0.6 is 0 Å². The number of anilines is 1. The highest BCUT2D eigenvalue weighted by Crippen LogP contribution is 2.24. The summed E-state index contributed by atoms with van der Waals surface area (Å²) in [5, 5.41) is 13.7. The number of carbonyl (C=O) groups excluding carboxylic acids is 1. The molecule has 1 atom stereocenters. The number of carbonyl (C=O) groups is 1. The fourth-order valence-electron chi connectivity index (χ4n) is 1.50. The van der Waals surface area contributed by atoms with Crippen molar-refractivity contribution in [2.45, 2.75) is 26.3 Å². The van der Waals surface area contributed by atoms with Gasteiger partial charge in [0.2, 0.25) is 11.6 Å². The number of aromatic nitrogens is 2. The molecule has 8 nitrogen and oxygen atoms in total. The van der Waals surface area contributed by atoms with Gasteiger partial charge in [0, 0.05) is 20.0 Å². The summed E-state index contributed by atoms with van der Waals surface area (Å²) in [5.74, 6) is 0.187. The summed E-state index contributed by atoms with van der Waals surface area (Å²) in [4.78, 5) is 25.2. The van der Waals surface area contributed by atoms with E-state index in [2.05, 4.69) is 15.0 Å². The van der Waals surface area contributed by atoms with Crippen molar-refractivity contribution in [3.8, 4) is 0 Å². The molecule has 0 radical (unpaired) electrons. The summed E-state index contributed by atoms with van der Waals surface area (Å²) in [6.45, 7) is 3.41. The Hall–Kier alpha value is -2.12. The van der Waals surface area contributed by atoms with Crippen LogP contribution in [-0.4, -0.2) is 33.6 Å². The van der Waals surface area contributed by atoms with Crippen LogP contribution in [0.5, 0.6) is 0 Å². The summed E-state index contributed by atoms with van der Waals surface area (Å²) in [5.41, 5.74) is 0. The van der Waals surface area contributed by atoms with Crippen molar-refractivity contribution in [2.24, 2.45) is 7.05 Å². The normalized spacial score (nSPS) is 12.0. The smallest absolute Gasteiger partial charge is 0.406 e. The Morgan fingerprint density at radius 3 is 2.78 bits per heavy atom. The average molecular weight is 256 g/mol. The minimum absolute atomic E-state index is 0.123. The van der Waals surface area contributed by atoms with Crippen molar-refractivity contribution in [3.63, 3.8) is 0 Å². The van der Waals surface area contributed by atoms with Crippen molar-refractivity contribution < 1.29 is 14.5 Å². The second-order valence-corrected chi connectivity index (χ2v) is 3.97. The minimum Gasteiger partial charge on any atom is -0.469 e. The van der Waals surface area contributed by atoms with Gasteiger partial charge in [0.05, 0.1) is 13.5 Å². The average Bonchev–Trinajstić information content (AvgIpc) is 2.57. The largest absolute Gasteiger partial charge is 0.469 e. The Balaban J connectivity index is 2.89. The van der Waals surface area contributed by atoms with Crippen LogP contribution in [0.1, 0.15) is 19.2 Å². The van der Waals surface area contributed by atoms with E-state index in [1.165, 1.54) is 7.11 Å². The first-order chi connectivity index (χ1) is 8.36. The molecule has 0 spiro atoms. The molecule has 1 aromatic heterocycles. The van der Waals surface area contributed by atoms with Crippen molar-refractivity contribution in [1.82, 2.24) is 9.55 Å². The summed E-state index contributed by atoms with van der Waals surface area (Å²) in [6, 6.07) is -0.286. The predicted molar refractivity (Wildman–Crippen MR) is 64.3 cm³/mol. The third-order valence-electron chi connectivity index (χ3n) is 2.56. The Morgan fingerprint density at radius 2 is 2.28 bits per heavy atom. The molecule has 0 fully saturated rings. The zero-order chi connectivity index (χ0) is 13.9. The summed E-state index contributed by atoms with van der Waals surface area (Å²) in [6.07, 6.45) is 0.123. The lowest BCUT2D eigenvalue weighted by atomic mass is 10.2. The van der Waals surface area contributed by atoms with E-state index in [0.717, 1.165) is 0 Å². The van der Waals surface area contributed by atoms with Gasteiger partial charge in [-0.25, -0.2) is 0 Å². The maximum Gasteiger partial charge on any atom is 0.406 e. The number of rotatable bonds is 5. The molecule has 0 saturated heterocycles. The van der Waals surface area contributed by atoms with Crippen molar-refractivity contribution >= 4 is 17.6 Å². The highest BCUT2D eigenvalue weighted by molar-refractivity contribution is 5.70. The molecule has 18 heavy (non-hydrogen) atoms. The molecule has 0 aliphatic heterocycles. The van der Waals surface area contributed by atoms with Gasteiger partial charge in [-0.3, -0.25) is 9.36 Å². The summed E-state index contributed by atoms with van der Waals surface area (Å²) >= 11 is 0. The molecule has 0 aliphatic rings. The second-order valence-electron chi connectivity index (χ2n) is 3.97. The van der Waals surface area contributed by atoms with Crippen molar-refractivity contribution in [2.75, 3.05) is 12.4 Å². The Bertz CT molecular complexity index is 469. The number of hydrogen-bond acceptors (Lipinski definition) is 6. The SMILES string of the molecule is COC(=O)CC(C)Nc1c([N+](=O)[O-])nc(C)n1C. The Morgan fingerprint density at radius 1 is 1.67 bits per heavy atom. The quantitative estimate of drug-likeness (QED) is 0.479. The van der Waals surface area contributed by atoms with E-state index in [9.17, 15) is 14.9 Å². The predicted octanol–water partition coefficient (Wildman–Crippen LogP) is 1.00. The summed E-state index contributed by atoms with van der Waals surface area (Å²) in [7, 11) is 2.97. The molecule has 0 bridgehead atoms. The first kappa shape index (κ1) is 13.9. The molecule has 1 heterocycles. The van der Waals surface area contributed by atoms with Crippen LogP contribution in [0.4, 0.5) is 11.6 Å². The third-order valence-corrected chi connectivity index (χ3v) is 2.56. The maximum atomic E-state index is 11.1. The molecule has 1 N–H and O–H groups in total. The standard InChI is InChI=1S/C10H16N4O4/c1-6(5-8(15)18-4)11-9-10(14(16)17)12-7(2)13(9)3/h6,11H,5H2,1-4H3. The van der Waals surface area contributed by atoms with Gasteiger partial charge in [0.1, 0.15) is 0 Å². The Kier molecular flexibility index (Phi) is 4.24. The second kappa shape index (κ2) is 5.48. The molecule has 1 rings (SSSR count). The highest BCUT2D eigenvalue weighted by Gasteiger charge is 2.25. The number of hydrogen-bond donors (Lipinski definition) is 1. The maximum absolute atomic E-state index is 11.1. The van der Waals surface area contributed by atoms with E-state index in [-0.39, 0.29) is 30.1 Å². The van der Waals surface area contributed by atoms with Gasteiger partial charge in [-0.15, -0.1) is 0 Å². The van der Waals surface area contributed by atoms with Crippen LogP contribution in [0, 0.1) is 17.0 Å². The molecule has 0 aromatic carbocycles. The fourth-order valence-corrected chi connectivity index (χ4v) is 1.50. The van der Waals surface area contributed by atoms with Gasteiger partial charge in [-0.1, -0.05) is 0 Å². The molecule has 0 aliphatic carbocycles.